The second-order valence-corrected chi connectivity index (χ2v) is 6.69. The van der Waals surface area contributed by atoms with Crippen molar-refractivity contribution in [3.8, 4) is 6.07 Å². The van der Waals surface area contributed by atoms with E-state index in [1.54, 1.807) is 18.2 Å². The normalized spacial score (nSPS) is 17.7. The van der Waals surface area contributed by atoms with Gasteiger partial charge in [0, 0.05) is 21.4 Å². The Morgan fingerprint density at radius 2 is 2.04 bits per heavy atom. The maximum atomic E-state index is 12.5. The molecule has 1 aliphatic rings. The molecule has 0 saturated carbocycles. The molecule has 1 unspecified atom stereocenters. The Labute approximate surface area is 151 Å². The van der Waals surface area contributed by atoms with Gasteiger partial charge in [-0.3, -0.25) is 0 Å². The van der Waals surface area contributed by atoms with Crippen LogP contribution in [0.3, 0.4) is 0 Å². The summed E-state index contributed by atoms with van der Waals surface area (Å²) in [5.41, 5.74) is 2.92. The van der Waals surface area contributed by atoms with Crippen molar-refractivity contribution in [2.75, 3.05) is 7.11 Å². The van der Waals surface area contributed by atoms with Crippen LogP contribution in [0.4, 0.5) is 0 Å². The Bertz CT molecular complexity index is 789. The third-order valence-corrected chi connectivity index (χ3v) is 4.53. The summed E-state index contributed by atoms with van der Waals surface area (Å²) in [6.07, 6.45) is 0. The summed E-state index contributed by atoms with van der Waals surface area (Å²) in [5, 5.41) is 13.7. The van der Waals surface area contributed by atoms with Crippen molar-refractivity contribution in [2.24, 2.45) is 5.92 Å². The van der Waals surface area contributed by atoms with E-state index in [4.69, 9.17) is 27.9 Å². The van der Waals surface area contributed by atoms with Gasteiger partial charge in [-0.05, 0) is 30.5 Å². The smallest absolute Gasteiger partial charge is 0.336 e. The third-order valence-electron chi connectivity index (χ3n) is 3.97. The van der Waals surface area contributed by atoms with Crippen molar-refractivity contribution in [1.82, 2.24) is 5.32 Å². The molecule has 1 aliphatic heterocycles. The number of ether oxygens (including phenoxy) is 1. The minimum absolute atomic E-state index is 0.0443. The zero-order chi connectivity index (χ0) is 18.0. The minimum Gasteiger partial charge on any atom is -0.466 e. The van der Waals surface area contributed by atoms with E-state index in [0.29, 0.717) is 32.5 Å². The zero-order valence-corrected chi connectivity index (χ0v) is 15.4. The second-order valence-electron chi connectivity index (χ2n) is 5.85. The number of hydrogen-bond donors (Lipinski definition) is 1. The molecule has 1 atom stereocenters. The van der Waals surface area contributed by atoms with Crippen molar-refractivity contribution in [1.29, 1.82) is 5.26 Å². The molecule has 24 heavy (non-hydrogen) atoms. The topological polar surface area (TPSA) is 62.1 Å². The van der Waals surface area contributed by atoms with Crippen molar-refractivity contribution in [3.05, 3.63) is 56.3 Å². The van der Waals surface area contributed by atoms with Gasteiger partial charge in [0.05, 0.1) is 30.2 Å². The van der Waals surface area contributed by atoms with Crippen LogP contribution in [0.1, 0.15) is 32.3 Å². The number of hydrogen-bond acceptors (Lipinski definition) is 4. The van der Waals surface area contributed by atoms with Crippen LogP contribution in [0.15, 0.2) is 40.7 Å². The second kappa shape index (κ2) is 7.29. The number of methoxy groups -OCH3 is 1. The number of dihydropyridines is 1. The van der Waals surface area contributed by atoms with Crippen LogP contribution in [0.5, 0.6) is 0 Å². The predicted octanol–water partition coefficient (Wildman–Crippen LogP) is 4.56. The first kappa shape index (κ1) is 18.4. The Balaban J connectivity index is 2.78. The molecule has 1 heterocycles. The standard InChI is InChI=1S/C18H18Cl2N2O2/c1-9(2)17-16(18(23)24-4)15(13(8-21)10(3)22-17)12-6-5-11(19)7-14(12)20/h5-7,9,15,22H,1-4H3. The molecule has 0 amide bonds. The number of esters is 1. The maximum absolute atomic E-state index is 12.5. The number of nitriles is 1. The van der Waals surface area contributed by atoms with Gasteiger partial charge in [0.25, 0.3) is 0 Å². The molecule has 0 aromatic heterocycles. The maximum Gasteiger partial charge on any atom is 0.336 e. The van der Waals surface area contributed by atoms with Crippen molar-refractivity contribution in [3.63, 3.8) is 0 Å². The number of nitrogens with zero attached hydrogens (tertiary/aromatic N) is 1. The lowest BCUT2D eigenvalue weighted by Gasteiger charge is -2.31. The van der Waals surface area contributed by atoms with Gasteiger partial charge in [0.2, 0.25) is 0 Å². The summed E-state index contributed by atoms with van der Waals surface area (Å²) in [6.45, 7) is 5.75. The molecule has 6 heteroatoms. The number of benzene rings is 1. The van der Waals surface area contributed by atoms with Crippen LogP contribution < -0.4 is 5.32 Å². The Kier molecular flexibility index (Phi) is 5.58. The molecule has 0 saturated heterocycles. The van der Waals surface area contributed by atoms with Gasteiger partial charge in [-0.1, -0.05) is 43.1 Å². The SMILES string of the molecule is COC(=O)C1=C(C(C)C)NC(C)=C(C#N)C1c1ccc(Cl)cc1Cl. The van der Waals surface area contributed by atoms with Crippen LogP contribution in [0.2, 0.25) is 10.0 Å². The van der Waals surface area contributed by atoms with E-state index in [1.165, 1.54) is 7.11 Å². The Morgan fingerprint density at radius 1 is 1.38 bits per heavy atom. The van der Waals surface area contributed by atoms with E-state index >= 15 is 0 Å². The number of halogens is 2. The van der Waals surface area contributed by atoms with E-state index < -0.39 is 11.9 Å². The molecule has 0 bridgehead atoms. The predicted molar refractivity (Wildman–Crippen MR) is 94.5 cm³/mol. The average Bonchev–Trinajstić information content (AvgIpc) is 2.53. The number of allylic oxidation sites excluding steroid dienone is 3. The molecule has 0 fully saturated rings. The molecule has 1 N–H and O–H groups in total. The molecule has 1 aromatic rings. The van der Waals surface area contributed by atoms with Gasteiger partial charge in [-0.2, -0.15) is 5.26 Å². The van der Waals surface area contributed by atoms with Crippen LogP contribution in [0, 0.1) is 17.2 Å². The van der Waals surface area contributed by atoms with E-state index in [-0.39, 0.29) is 5.92 Å². The fourth-order valence-electron chi connectivity index (χ4n) is 2.84. The molecule has 1 aromatic carbocycles. The lowest BCUT2D eigenvalue weighted by molar-refractivity contribution is -0.136. The summed E-state index contributed by atoms with van der Waals surface area (Å²) in [5.74, 6) is -1.03. The highest BCUT2D eigenvalue weighted by atomic mass is 35.5. The fourth-order valence-corrected chi connectivity index (χ4v) is 3.36. The van der Waals surface area contributed by atoms with E-state index in [1.807, 2.05) is 20.8 Å². The minimum atomic E-state index is -0.592. The first-order valence-electron chi connectivity index (χ1n) is 7.47. The number of rotatable bonds is 3. The largest absolute Gasteiger partial charge is 0.466 e. The molecular weight excluding hydrogens is 347 g/mol. The molecule has 0 radical (unpaired) electrons. The van der Waals surface area contributed by atoms with Gasteiger partial charge >= 0.3 is 5.97 Å². The number of nitrogens with one attached hydrogen (secondary N) is 1. The Hall–Kier alpha value is -1.96. The van der Waals surface area contributed by atoms with Gasteiger partial charge in [-0.25, -0.2) is 4.79 Å². The number of carbonyl (C=O) groups excluding carboxylic acids is 1. The number of carbonyl (C=O) groups is 1. The van der Waals surface area contributed by atoms with Crippen molar-refractivity contribution >= 4 is 29.2 Å². The van der Waals surface area contributed by atoms with Gasteiger partial charge in [0.15, 0.2) is 0 Å². The molecule has 0 spiro atoms. The van der Waals surface area contributed by atoms with Gasteiger partial charge < -0.3 is 10.1 Å². The monoisotopic (exact) mass is 364 g/mol. The Morgan fingerprint density at radius 3 is 2.54 bits per heavy atom. The molecule has 2 rings (SSSR count). The highest BCUT2D eigenvalue weighted by Gasteiger charge is 2.36. The average molecular weight is 365 g/mol. The molecule has 0 aliphatic carbocycles. The van der Waals surface area contributed by atoms with Crippen LogP contribution in [0.25, 0.3) is 0 Å². The van der Waals surface area contributed by atoms with Crippen LogP contribution >= 0.6 is 23.2 Å². The quantitative estimate of drug-likeness (QED) is 0.798. The molecule has 4 nitrogen and oxygen atoms in total. The summed E-state index contributed by atoms with van der Waals surface area (Å²) in [7, 11) is 1.32. The highest BCUT2D eigenvalue weighted by molar-refractivity contribution is 6.35. The zero-order valence-electron chi connectivity index (χ0n) is 13.9. The first-order chi connectivity index (χ1) is 11.3. The summed E-state index contributed by atoms with van der Waals surface area (Å²) >= 11 is 12.3. The van der Waals surface area contributed by atoms with Crippen LogP contribution in [-0.4, -0.2) is 13.1 Å². The lowest BCUT2D eigenvalue weighted by atomic mass is 9.79. The van der Waals surface area contributed by atoms with E-state index in [2.05, 4.69) is 11.4 Å². The van der Waals surface area contributed by atoms with Gasteiger partial charge in [-0.15, -0.1) is 0 Å². The van der Waals surface area contributed by atoms with E-state index in [0.717, 1.165) is 5.70 Å². The van der Waals surface area contributed by atoms with Crippen LogP contribution in [-0.2, 0) is 9.53 Å². The first-order valence-corrected chi connectivity index (χ1v) is 8.22. The van der Waals surface area contributed by atoms with E-state index in [9.17, 15) is 10.1 Å². The summed E-state index contributed by atoms with van der Waals surface area (Å²) < 4.78 is 4.98. The summed E-state index contributed by atoms with van der Waals surface area (Å²) in [6, 6.07) is 7.24. The molecule has 126 valence electrons. The van der Waals surface area contributed by atoms with Crippen molar-refractivity contribution in [2.45, 2.75) is 26.7 Å². The summed E-state index contributed by atoms with van der Waals surface area (Å²) in [4.78, 5) is 12.5. The highest BCUT2D eigenvalue weighted by Crippen LogP contribution is 2.42. The molecular formula is C18H18Cl2N2O2. The lowest BCUT2D eigenvalue weighted by Crippen LogP contribution is -2.31. The van der Waals surface area contributed by atoms with Crippen molar-refractivity contribution < 1.29 is 9.53 Å². The fraction of sp³-hybridized carbons (Fsp3) is 0.333. The third kappa shape index (κ3) is 3.28. The van der Waals surface area contributed by atoms with Gasteiger partial charge in [0.1, 0.15) is 0 Å².